The molecule has 0 atom stereocenters. The summed E-state index contributed by atoms with van der Waals surface area (Å²) < 4.78 is 13.2. The molecule has 3 rings (SSSR count). The zero-order chi connectivity index (χ0) is 14.8. The van der Waals surface area contributed by atoms with E-state index in [-0.39, 0.29) is 12.7 Å². The summed E-state index contributed by atoms with van der Waals surface area (Å²) in [5.41, 5.74) is 1.33. The van der Waals surface area contributed by atoms with Gasteiger partial charge in [-0.05, 0) is 41.1 Å². The van der Waals surface area contributed by atoms with Gasteiger partial charge in [0, 0.05) is 18.3 Å². The number of halogens is 1. The maximum Gasteiger partial charge on any atom is 0.251 e. The van der Waals surface area contributed by atoms with Gasteiger partial charge < -0.3 is 14.8 Å². The van der Waals surface area contributed by atoms with E-state index in [1.54, 1.807) is 18.2 Å². The Balaban J connectivity index is 1.67. The summed E-state index contributed by atoms with van der Waals surface area (Å²) in [4.78, 5) is 12.1. The predicted molar refractivity (Wildman–Crippen MR) is 79.3 cm³/mol. The average Bonchev–Trinajstić information content (AvgIpc) is 3.10. The first-order valence-corrected chi connectivity index (χ1v) is 7.36. The Morgan fingerprint density at radius 1 is 1.43 bits per heavy atom. The maximum atomic E-state index is 12.1. The van der Waals surface area contributed by atoms with Crippen molar-refractivity contribution in [3.8, 4) is 11.5 Å². The van der Waals surface area contributed by atoms with Crippen molar-refractivity contribution in [3.63, 3.8) is 0 Å². The van der Waals surface area contributed by atoms with Gasteiger partial charge in [-0.3, -0.25) is 9.48 Å². The molecule has 1 aliphatic heterocycles. The Morgan fingerprint density at radius 2 is 2.24 bits per heavy atom. The minimum absolute atomic E-state index is 0.175. The van der Waals surface area contributed by atoms with Crippen molar-refractivity contribution in [2.45, 2.75) is 20.0 Å². The Hall–Kier alpha value is -2.02. The largest absolute Gasteiger partial charge is 0.454 e. The average molecular weight is 352 g/mol. The van der Waals surface area contributed by atoms with Crippen molar-refractivity contribution in [1.82, 2.24) is 15.1 Å². The third-order valence-corrected chi connectivity index (χ3v) is 3.82. The van der Waals surface area contributed by atoms with E-state index in [4.69, 9.17) is 9.47 Å². The number of ether oxygens (including phenoxy) is 2. The highest BCUT2D eigenvalue weighted by atomic mass is 79.9. The molecule has 21 heavy (non-hydrogen) atoms. The number of rotatable bonds is 4. The summed E-state index contributed by atoms with van der Waals surface area (Å²) in [5.74, 6) is 1.08. The number of carbonyl (C=O) groups excluding carboxylic acids is 1. The summed E-state index contributed by atoms with van der Waals surface area (Å²) in [7, 11) is 0. The molecule has 1 aliphatic rings. The number of nitrogens with one attached hydrogen (secondary N) is 1. The fourth-order valence-electron chi connectivity index (χ4n) is 2.02. The van der Waals surface area contributed by atoms with E-state index < -0.39 is 0 Å². The van der Waals surface area contributed by atoms with Crippen LogP contribution >= 0.6 is 15.9 Å². The number of benzene rings is 1. The first kappa shape index (κ1) is 13.9. The molecule has 2 aromatic rings. The van der Waals surface area contributed by atoms with Crippen molar-refractivity contribution >= 4 is 21.8 Å². The topological polar surface area (TPSA) is 65.4 Å². The zero-order valence-electron chi connectivity index (χ0n) is 11.4. The van der Waals surface area contributed by atoms with E-state index in [1.165, 1.54) is 0 Å². The van der Waals surface area contributed by atoms with Crippen molar-refractivity contribution in [2.24, 2.45) is 0 Å². The van der Waals surface area contributed by atoms with Gasteiger partial charge in [-0.15, -0.1) is 0 Å². The lowest BCUT2D eigenvalue weighted by molar-refractivity contribution is 0.0950. The number of aryl methyl sites for hydroxylation is 1. The minimum Gasteiger partial charge on any atom is -0.454 e. The second-order valence-corrected chi connectivity index (χ2v) is 5.38. The van der Waals surface area contributed by atoms with Crippen molar-refractivity contribution in [2.75, 3.05) is 6.79 Å². The molecule has 6 nitrogen and oxygen atoms in total. The van der Waals surface area contributed by atoms with Gasteiger partial charge in [-0.1, -0.05) is 0 Å². The van der Waals surface area contributed by atoms with Crippen LogP contribution in [0.5, 0.6) is 11.5 Å². The molecule has 0 saturated carbocycles. The van der Waals surface area contributed by atoms with Crippen LogP contribution in [0, 0.1) is 0 Å². The standard InChI is InChI=1S/C14H14BrN3O3/c1-2-18-7-10(15)11(17-18)6-16-14(19)9-3-4-12-13(5-9)21-8-20-12/h3-5,7H,2,6,8H2,1H3,(H,16,19). The first-order valence-electron chi connectivity index (χ1n) is 6.57. The molecule has 1 aromatic heterocycles. The maximum absolute atomic E-state index is 12.1. The number of nitrogens with zero attached hydrogens (tertiary/aromatic N) is 2. The highest BCUT2D eigenvalue weighted by Gasteiger charge is 2.16. The quantitative estimate of drug-likeness (QED) is 0.917. The molecule has 7 heteroatoms. The zero-order valence-corrected chi connectivity index (χ0v) is 13.0. The molecule has 0 fully saturated rings. The van der Waals surface area contributed by atoms with Crippen LogP contribution in [0.1, 0.15) is 23.0 Å². The smallest absolute Gasteiger partial charge is 0.251 e. The summed E-state index contributed by atoms with van der Waals surface area (Å²) in [5, 5.41) is 7.21. The second-order valence-electron chi connectivity index (χ2n) is 4.53. The van der Waals surface area contributed by atoms with Crippen molar-refractivity contribution in [3.05, 3.63) is 40.1 Å². The lowest BCUT2D eigenvalue weighted by Crippen LogP contribution is -2.23. The van der Waals surface area contributed by atoms with Gasteiger partial charge >= 0.3 is 0 Å². The molecule has 1 aromatic carbocycles. The highest BCUT2D eigenvalue weighted by Crippen LogP contribution is 2.32. The van der Waals surface area contributed by atoms with E-state index in [0.717, 1.165) is 16.7 Å². The molecule has 0 saturated heterocycles. The van der Waals surface area contributed by atoms with Gasteiger partial charge in [0.25, 0.3) is 5.91 Å². The Labute approximate surface area is 130 Å². The second kappa shape index (κ2) is 5.77. The van der Waals surface area contributed by atoms with Crippen LogP contribution in [0.3, 0.4) is 0 Å². The third-order valence-electron chi connectivity index (χ3n) is 3.16. The monoisotopic (exact) mass is 351 g/mol. The van der Waals surface area contributed by atoms with Crippen LogP contribution in [0.2, 0.25) is 0 Å². The van der Waals surface area contributed by atoms with E-state index >= 15 is 0 Å². The molecule has 2 heterocycles. The molecule has 0 spiro atoms. The normalized spacial score (nSPS) is 12.5. The van der Waals surface area contributed by atoms with Crippen molar-refractivity contribution in [1.29, 1.82) is 0 Å². The van der Waals surface area contributed by atoms with E-state index in [0.29, 0.717) is 23.6 Å². The lowest BCUT2D eigenvalue weighted by Gasteiger charge is -2.05. The number of fused-ring (bicyclic) bond motifs is 1. The summed E-state index contributed by atoms with van der Waals surface area (Å²) in [6, 6.07) is 5.12. The number of amides is 1. The fraction of sp³-hybridized carbons (Fsp3) is 0.286. The van der Waals surface area contributed by atoms with E-state index in [2.05, 4.69) is 26.3 Å². The van der Waals surface area contributed by atoms with Crippen LogP contribution in [-0.4, -0.2) is 22.5 Å². The highest BCUT2D eigenvalue weighted by molar-refractivity contribution is 9.10. The molecule has 1 N–H and O–H groups in total. The molecule has 0 aliphatic carbocycles. The van der Waals surface area contributed by atoms with Gasteiger partial charge in [0.2, 0.25) is 6.79 Å². The molecule has 110 valence electrons. The van der Waals surface area contributed by atoms with E-state index in [9.17, 15) is 4.79 Å². The Kier molecular flexibility index (Phi) is 3.83. The van der Waals surface area contributed by atoms with Crippen molar-refractivity contribution < 1.29 is 14.3 Å². The SMILES string of the molecule is CCn1cc(Br)c(CNC(=O)c2ccc3c(c2)OCO3)n1. The Bertz CT molecular complexity index is 684. The van der Waals surface area contributed by atoms with Crippen LogP contribution < -0.4 is 14.8 Å². The van der Waals surface area contributed by atoms with Gasteiger partial charge in [0.15, 0.2) is 11.5 Å². The number of aromatic nitrogens is 2. The summed E-state index contributed by atoms with van der Waals surface area (Å²) in [6.45, 7) is 3.35. The number of hydrogen-bond acceptors (Lipinski definition) is 4. The molecule has 0 unspecified atom stereocenters. The molecule has 0 radical (unpaired) electrons. The van der Waals surface area contributed by atoms with Gasteiger partial charge in [-0.25, -0.2) is 0 Å². The van der Waals surface area contributed by atoms with Crippen LogP contribution in [-0.2, 0) is 13.1 Å². The fourth-order valence-corrected chi connectivity index (χ4v) is 2.48. The number of carbonyl (C=O) groups is 1. The predicted octanol–water partition coefficient (Wildman–Crippen LogP) is 2.32. The summed E-state index contributed by atoms with van der Waals surface area (Å²) >= 11 is 3.43. The number of hydrogen-bond donors (Lipinski definition) is 1. The van der Waals surface area contributed by atoms with Crippen LogP contribution in [0.15, 0.2) is 28.9 Å². The van der Waals surface area contributed by atoms with E-state index in [1.807, 2.05) is 17.8 Å². The Morgan fingerprint density at radius 3 is 3.00 bits per heavy atom. The van der Waals surface area contributed by atoms with Gasteiger partial charge in [0.05, 0.1) is 16.7 Å². The van der Waals surface area contributed by atoms with Crippen LogP contribution in [0.25, 0.3) is 0 Å². The molecular formula is C14H14BrN3O3. The van der Waals surface area contributed by atoms with Gasteiger partial charge in [-0.2, -0.15) is 5.10 Å². The minimum atomic E-state index is -0.175. The van der Waals surface area contributed by atoms with Crippen LogP contribution in [0.4, 0.5) is 0 Å². The molecular weight excluding hydrogens is 338 g/mol. The lowest BCUT2D eigenvalue weighted by atomic mass is 10.2. The van der Waals surface area contributed by atoms with Gasteiger partial charge in [0.1, 0.15) is 0 Å². The molecule has 0 bridgehead atoms. The third kappa shape index (κ3) is 2.87. The molecule has 1 amide bonds. The first-order chi connectivity index (χ1) is 10.2. The summed E-state index contributed by atoms with van der Waals surface area (Å²) in [6.07, 6.45) is 1.89.